The largest absolute Gasteiger partial charge is 0.455 e. The first-order valence-corrected chi connectivity index (χ1v) is 9.90. The molecule has 2 aromatic carbocycles. The van der Waals surface area contributed by atoms with Gasteiger partial charge in [0.25, 0.3) is 5.91 Å². The van der Waals surface area contributed by atoms with Gasteiger partial charge in [-0.05, 0) is 47.6 Å². The summed E-state index contributed by atoms with van der Waals surface area (Å²) in [7, 11) is 0. The normalized spacial score (nSPS) is 12.1. The first-order valence-electron chi connectivity index (χ1n) is 9.52. The zero-order valence-electron chi connectivity index (χ0n) is 17.1. The number of hydrogen-bond acceptors (Lipinski definition) is 3. The summed E-state index contributed by atoms with van der Waals surface area (Å²) in [6, 6.07) is 13.0. The molecule has 150 valence electrons. The standard InChI is InChI=1S/C23H28ClNO3/c1-14(2)19-8-6-7-16(5)22(19)25-20(26)13-28-23(27)21(15(3)4)17-9-11-18(24)12-10-17/h6-12,14-15,21H,13H2,1-5H3,(H,25,26)/t21-/m1/s1. The lowest BCUT2D eigenvalue weighted by atomic mass is 9.88. The third-order valence-corrected chi connectivity index (χ3v) is 4.94. The second-order valence-corrected chi connectivity index (χ2v) is 8.06. The second-order valence-electron chi connectivity index (χ2n) is 7.62. The minimum Gasteiger partial charge on any atom is -0.455 e. The summed E-state index contributed by atoms with van der Waals surface area (Å²) >= 11 is 5.93. The van der Waals surface area contributed by atoms with Crippen LogP contribution in [0.1, 0.15) is 56.2 Å². The number of benzene rings is 2. The summed E-state index contributed by atoms with van der Waals surface area (Å²) in [5, 5.41) is 3.51. The molecule has 5 heteroatoms. The first kappa shape index (κ1) is 22.0. The third-order valence-electron chi connectivity index (χ3n) is 4.69. The molecule has 1 amide bonds. The van der Waals surface area contributed by atoms with Gasteiger partial charge in [-0.15, -0.1) is 0 Å². The molecule has 2 aromatic rings. The molecule has 0 heterocycles. The number of rotatable bonds is 7. The molecular weight excluding hydrogens is 374 g/mol. The van der Waals surface area contributed by atoms with Gasteiger partial charge in [0, 0.05) is 10.7 Å². The van der Waals surface area contributed by atoms with E-state index in [4.69, 9.17) is 16.3 Å². The predicted molar refractivity (Wildman–Crippen MR) is 114 cm³/mol. The number of para-hydroxylation sites is 1. The maximum atomic E-state index is 12.6. The van der Waals surface area contributed by atoms with Crippen LogP contribution in [-0.2, 0) is 14.3 Å². The third kappa shape index (κ3) is 5.59. The lowest BCUT2D eigenvalue weighted by molar-refractivity contribution is -0.149. The fourth-order valence-corrected chi connectivity index (χ4v) is 3.33. The average molecular weight is 402 g/mol. The highest BCUT2D eigenvalue weighted by Crippen LogP contribution is 2.28. The van der Waals surface area contributed by atoms with Crippen LogP contribution in [0, 0.1) is 12.8 Å². The molecule has 0 spiro atoms. The molecule has 0 unspecified atom stereocenters. The maximum Gasteiger partial charge on any atom is 0.314 e. The number of halogens is 1. The first-order chi connectivity index (χ1) is 13.2. The molecule has 0 saturated carbocycles. The Morgan fingerprint density at radius 3 is 2.25 bits per heavy atom. The zero-order valence-corrected chi connectivity index (χ0v) is 17.8. The van der Waals surface area contributed by atoms with E-state index in [1.54, 1.807) is 12.1 Å². The Labute approximate surface area is 172 Å². The lowest BCUT2D eigenvalue weighted by Crippen LogP contribution is -2.26. The van der Waals surface area contributed by atoms with Gasteiger partial charge in [-0.2, -0.15) is 0 Å². The van der Waals surface area contributed by atoms with Crippen LogP contribution >= 0.6 is 11.6 Å². The number of ether oxygens (including phenoxy) is 1. The van der Waals surface area contributed by atoms with Gasteiger partial charge in [0.05, 0.1) is 5.92 Å². The number of esters is 1. The Balaban J connectivity index is 2.05. The van der Waals surface area contributed by atoms with Crippen LogP contribution in [0.15, 0.2) is 42.5 Å². The monoisotopic (exact) mass is 401 g/mol. The fraction of sp³-hybridized carbons (Fsp3) is 0.391. The molecule has 1 N–H and O–H groups in total. The Hall–Kier alpha value is -2.33. The summed E-state index contributed by atoms with van der Waals surface area (Å²) in [6.07, 6.45) is 0. The van der Waals surface area contributed by atoms with Gasteiger partial charge in [-0.25, -0.2) is 0 Å². The van der Waals surface area contributed by atoms with E-state index >= 15 is 0 Å². The van der Waals surface area contributed by atoms with Crippen molar-refractivity contribution in [1.29, 1.82) is 0 Å². The SMILES string of the molecule is Cc1cccc(C(C)C)c1NC(=O)COC(=O)[C@@H](c1ccc(Cl)cc1)C(C)C. The number of carbonyl (C=O) groups excluding carboxylic acids is 2. The van der Waals surface area contributed by atoms with Crippen molar-refractivity contribution in [3.05, 3.63) is 64.2 Å². The number of nitrogens with one attached hydrogen (secondary N) is 1. The fourth-order valence-electron chi connectivity index (χ4n) is 3.21. The topological polar surface area (TPSA) is 55.4 Å². The minimum atomic E-state index is -0.449. The maximum absolute atomic E-state index is 12.6. The molecular formula is C23H28ClNO3. The van der Waals surface area contributed by atoms with E-state index < -0.39 is 11.9 Å². The smallest absolute Gasteiger partial charge is 0.314 e. The number of carbonyl (C=O) groups is 2. The second kappa shape index (κ2) is 9.74. The Morgan fingerprint density at radius 2 is 1.68 bits per heavy atom. The molecule has 4 nitrogen and oxygen atoms in total. The van der Waals surface area contributed by atoms with E-state index in [-0.39, 0.29) is 24.3 Å². The molecule has 0 fully saturated rings. The van der Waals surface area contributed by atoms with Crippen molar-refractivity contribution >= 4 is 29.2 Å². The van der Waals surface area contributed by atoms with E-state index in [0.29, 0.717) is 5.02 Å². The molecule has 0 aliphatic carbocycles. The van der Waals surface area contributed by atoms with Crippen LogP contribution in [-0.4, -0.2) is 18.5 Å². The molecule has 2 rings (SSSR count). The van der Waals surface area contributed by atoms with Crippen LogP contribution in [0.3, 0.4) is 0 Å². The van der Waals surface area contributed by atoms with Crippen molar-refractivity contribution < 1.29 is 14.3 Å². The summed E-state index contributed by atoms with van der Waals surface area (Å²) in [5.74, 6) is -0.909. The number of anilines is 1. The van der Waals surface area contributed by atoms with Gasteiger partial charge in [-0.3, -0.25) is 9.59 Å². The van der Waals surface area contributed by atoms with Crippen molar-refractivity contribution in [2.24, 2.45) is 5.92 Å². The van der Waals surface area contributed by atoms with Crippen molar-refractivity contribution in [1.82, 2.24) is 0 Å². The minimum absolute atomic E-state index is 0.0284. The van der Waals surface area contributed by atoms with E-state index in [9.17, 15) is 9.59 Å². The van der Waals surface area contributed by atoms with Crippen LogP contribution in [0.2, 0.25) is 5.02 Å². The number of amides is 1. The summed E-state index contributed by atoms with van der Waals surface area (Å²) in [6.45, 7) is 9.67. The van der Waals surface area contributed by atoms with Crippen LogP contribution in [0.4, 0.5) is 5.69 Å². The van der Waals surface area contributed by atoms with Crippen LogP contribution < -0.4 is 5.32 Å². The highest BCUT2D eigenvalue weighted by atomic mass is 35.5. The highest BCUT2D eigenvalue weighted by Gasteiger charge is 2.26. The lowest BCUT2D eigenvalue weighted by Gasteiger charge is -2.20. The van der Waals surface area contributed by atoms with Gasteiger partial charge in [0.15, 0.2) is 6.61 Å². The van der Waals surface area contributed by atoms with Crippen molar-refractivity contribution in [3.8, 4) is 0 Å². The zero-order chi connectivity index (χ0) is 20.8. The Kier molecular flexibility index (Phi) is 7.64. The Morgan fingerprint density at radius 1 is 1.04 bits per heavy atom. The van der Waals surface area contributed by atoms with Crippen LogP contribution in [0.5, 0.6) is 0 Å². The summed E-state index contributed by atoms with van der Waals surface area (Å²) in [4.78, 5) is 25.0. The number of hydrogen-bond donors (Lipinski definition) is 1. The van der Waals surface area contributed by atoms with Gasteiger partial charge in [0.2, 0.25) is 0 Å². The molecule has 0 aliphatic heterocycles. The molecule has 0 saturated heterocycles. The van der Waals surface area contributed by atoms with Gasteiger partial charge >= 0.3 is 5.97 Å². The summed E-state index contributed by atoms with van der Waals surface area (Å²) in [5.41, 5.74) is 3.65. The van der Waals surface area contributed by atoms with Gasteiger partial charge in [0.1, 0.15) is 0 Å². The molecule has 28 heavy (non-hydrogen) atoms. The molecule has 0 radical (unpaired) electrons. The highest BCUT2D eigenvalue weighted by molar-refractivity contribution is 6.30. The van der Waals surface area contributed by atoms with E-state index in [1.807, 2.05) is 51.1 Å². The molecule has 1 atom stereocenters. The Bertz CT molecular complexity index is 828. The predicted octanol–water partition coefficient (Wildman–Crippen LogP) is 5.69. The van der Waals surface area contributed by atoms with Crippen molar-refractivity contribution in [2.45, 2.75) is 46.5 Å². The van der Waals surface area contributed by atoms with E-state index in [1.165, 1.54) is 0 Å². The van der Waals surface area contributed by atoms with E-state index in [0.717, 1.165) is 22.4 Å². The molecule has 0 aliphatic rings. The van der Waals surface area contributed by atoms with Crippen LogP contribution in [0.25, 0.3) is 0 Å². The van der Waals surface area contributed by atoms with Gasteiger partial charge < -0.3 is 10.1 Å². The average Bonchev–Trinajstić information content (AvgIpc) is 2.63. The molecule has 0 bridgehead atoms. The van der Waals surface area contributed by atoms with Crippen molar-refractivity contribution in [2.75, 3.05) is 11.9 Å². The number of aryl methyl sites for hydroxylation is 1. The quantitative estimate of drug-likeness (QED) is 0.606. The van der Waals surface area contributed by atoms with E-state index in [2.05, 4.69) is 19.2 Å². The van der Waals surface area contributed by atoms with Gasteiger partial charge in [-0.1, -0.05) is 69.6 Å². The summed E-state index contributed by atoms with van der Waals surface area (Å²) < 4.78 is 5.34. The molecule has 0 aromatic heterocycles. The van der Waals surface area contributed by atoms with Crippen molar-refractivity contribution in [3.63, 3.8) is 0 Å².